The van der Waals surface area contributed by atoms with Gasteiger partial charge in [0.2, 0.25) is 0 Å². The molecule has 0 aliphatic carbocycles. The fourth-order valence-electron chi connectivity index (χ4n) is 1.61. The molecule has 2 nitrogen and oxygen atoms in total. The van der Waals surface area contributed by atoms with E-state index in [1.54, 1.807) is 12.4 Å². The number of benzene rings is 1. The third-order valence-electron chi connectivity index (χ3n) is 2.57. The Hall–Kier alpha value is -1.48. The maximum absolute atomic E-state index is 12.0. The standard InChI is InChI=1S/C14H12BrNO/c1-10-7-12(4-5-13(10)15)14(17)8-11-3-2-6-16-9-11/h2-7,9H,8H2,1H3. The average Bonchev–Trinajstić information content (AvgIpc) is 2.34. The Morgan fingerprint density at radius 2 is 2.18 bits per heavy atom. The lowest BCUT2D eigenvalue weighted by atomic mass is 10.0. The zero-order chi connectivity index (χ0) is 12.3. The van der Waals surface area contributed by atoms with Gasteiger partial charge < -0.3 is 0 Å². The van der Waals surface area contributed by atoms with Crippen molar-refractivity contribution in [1.29, 1.82) is 0 Å². The van der Waals surface area contributed by atoms with Gasteiger partial charge in [-0.3, -0.25) is 9.78 Å². The van der Waals surface area contributed by atoms with Gasteiger partial charge in [-0.25, -0.2) is 0 Å². The number of carbonyl (C=O) groups excluding carboxylic acids is 1. The first-order chi connectivity index (χ1) is 8.16. The minimum absolute atomic E-state index is 0.119. The van der Waals surface area contributed by atoms with E-state index >= 15 is 0 Å². The number of aryl methyl sites for hydroxylation is 1. The van der Waals surface area contributed by atoms with Gasteiger partial charge in [0.05, 0.1) is 0 Å². The van der Waals surface area contributed by atoms with E-state index in [1.165, 1.54) is 0 Å². The third kappa shape index (κ3) is 3.01. The second-order valence-electron chi connectivity index (χ2n) is 3.93. The van der Waals surface area contributed by atoms with Gasteiger partial charge in [-0.2, -0.15) is 0 Å². The number of rotatable bonds is 3. The van der Waals surface area contributed by atoms with Gasteiger partial charge in [0.15, 0.2) is 5.78 Å². The van der Waals surface area contributed by atoms with Crippen LogP contribution in [0.4, 0.5) is 0 Å². The van der Waals surface area contributed by atoms with Crippen molar-refractivity contribution in [3.05, 3.63) is 63.9 Å². The summed E-state index contributed by atoms with van der Waals surface area (Å²) in [5.74, 6) is 0.119. The number of pyridine rings is 1. The monoisotopic (exact) mass is 289 g/mol. The normalized spacial score (nSPS) is 10.2. The van der Waals surface area contributed by atoms with Crippen molar-refractivity contribution >= 4 is 21.7 Å². The Morgan fingerprint density at radius 1 is 1.35 bits per heavy atom. The van der Waals surface area contributed by atoms with Gasteiger partial charge in [0.1, 0.15) is 0 Å². The van der Waals surface area contributed by atoms with Crippen LogP contribution in [0.25, 0.3) is 0 Å². The lowest BCUT2D eigenvalue weighted by Crippen LogP contribution is -2.04. The number of Topliss-reactive ketones (excluding diaryl/α,β-unsaturated/α-hetero) is 1. The van der Waals surface area contributed by atoms with Gasteiger partial charge in [0, 0.05) is 28.9 Å². The second kappa shape index (κ2) is 5.23. The van der Waals surface area contributed by atoms with Crippen molar-refractivity contribution in [2.24, 2.45) is 0 Å². The number of nitrogens with zero attached hydrogens (tertiary/aromatic N) is 1. The van der Waals surface area contributed by atoms with E-state index in [-0.39, 0.29) is 5.78 Å². The largest absolute Gasteiger partial charge is 0.294 e. The van der Waals surface area contributed by atoms with Crippen molar-refractivity contribution in [2.75, 3.05) is 0 Å². The molecule has 0 unspecified atom stereocenters. The maximum atomic E-state index is 12.0. The summed E-state index contributed by atoms with van der Waals surface area (Å²) < 4.78 is 1.02. The number of hydrogen-bond acceptors (Lipinski definition) is 2. The first kappa shape index (κ1) is 12.0. The molecule has 1 aromatic heterocycles. The van der Waals surface area contributed by atoms with Crippen molar-refractivity contribution < 1.29 is 4.79 Å². The van der Waals surface area contributed by atoms with E-state index in [1.807, 2.05) is 37.3 Å². The number of aromatic nitrogens is 1. The van der Waals surface area contributed by atoms with E-state index in [0.717, 1.165) is 21.2 Å². The molecule has 0 fully saturated rings. The molecule has 1 heterocycles. The molecule has 2 rings (SSSR count). The lowest BCUT2D eigenvalue weighted by Gasteiger charge is -2.03. The molecule has 0 atom stereocenters. The topological polar surface area (TPSA) is 30.0 Å². The smallest absolute Gasteiger partial charge is 0.167 e. The number of halogens is 1. The molecule has 0 aliphatic rings. The highest BCUT2D eigenvalue weighted by Gasteiger charge is 2.08. The summed E-state index contributed by atoms with van der Waals surface area (Å²) in [5, 5.41) is 0. The summed E-state index contributed by atoms with van der Waals surface area (Å²) in [4.78, 5) is 16.0. The highest BCUT2D eigenvalue weighted by atomic mass is 79.9. The zero-order valence-corrected chi connectivity index (χ0v) is 11.1. The third-order valence-corrected chi connectivity index (χ3v) is 3.46. The SMILES string of the molecule is Cc1cc(C(=O)Cc2cccnc2)ccc1Br. The number of ketones is 1. The molecular weight excluding hydrogens is 278 g/mol. The molecule has 17 heavy (non-hydrogen) atoms. The molecule has 0 aliphatic heterocycles. The first-order valence-corrected chi connectivity index (χ1v) is 6.14. The molecule has 2 aromatic rings. The lowest BCUT2D eigenvalue weighted by molar-refractivity contribution is 0.0993. The maximum Gasteiger partial charge on any atom is 0.167 e. The molecule has 3 heteroatoms. The Bertz CT molecular complexity index is 537. The zero-order valence-electron chi connectivity index (χ0n) is 9.48. The quantitative estimate of drug-likeness (QED) is 0.809. The molecule has 0 amide bonds. The van der Waals surface area contributed by atoms with Crippen LogP contribution in [0.5, 0.6) is 0 Å². The minimum Gasteiger partial charge on any atom is -0.294 e. The van der Waals surface area contributed by atoms with E-state index < -0.39 is 0 Å². The highest BCUT2D eigenvalue weighted by Crippen LogP contribution is 2.18. The molecule has 0 N–H and O–H groups in total. The van der Waals surface area contributed by atoms with Crippen LogP contribution >= 0.6 is 15.9 Å². The minimum atomic E-state index is 0.119. The van der Waals surface area contributed by atoms with E-state index in [2.05, 4.69) is 20.9 Å². The van der Waals surface area contributed by atoms with Gasteiger partial charge in [0.25, 0.3) is 0 Å². The fraction of sp³-hybridized carbons (Fsp3) is 0.143. The first-order valence-electron chi connectivity index (χ1n) is 5.35. The number of hydrogen-bond donors (Lipinski definition) is 0. The van der Waals surface area contributed by atoms with Crippen molar-refractivity contribution in [3.8, 4) is 0 Å². The van der Waals surface area contributed by atoms with Crippen LogP contribution < -0.4 is 0 Å². The van der Waals surface area contributed by atoms with Crippen LogP contribution in [0, 0.1) is 6.92 Å². The molecule has 0 spiro atoms. The van der Waals surface area contributed by atoms with Crippen LogP contribution in [0.3, 0.4) is 0 Å². The Kier molecular flexibility index (Phi) is 3.69. The summed E-state index contributed by atoms with van der Waals surface area (Å²) in [5.41, 5.74) is 2.76. The Morgan fingerprint density at radius 3 is 2.82 bits per heavy atom. The fourth-order valence-corrected chi connectivity index (χ4v) is 1.85. The van der Waals surface area contributed by atoms with Crippen molar-refractivity contribution in [2.45, 2.75) is 13.3 Å². The Balaban J connectivity index is 2.18. The van der Waals surface area contributed by atoms with Crippen LogP contribution in [0.1, 0.15) is 21.5 Å². The second-order valence-corrected chi connectivity index (χ2v) is 4.78. The van der Waals surface area contributed by atoms with Gasteiger partial charge in [-0.05, 0) is 36.2 Å². The van der Waals surface area contributed by atoms with Gasteiger partial charge >= 0.3 is 0 Å². The molecule has 0 bridgehead atoms. The van der Waals surface area contributed by atoms with Crippen LogP contribution in [0.15, 0.2) is 47.2 Å². The molecule has 86 valence electrons. The average molecular weight is 290 g/mol. The van der Waals surface area contributed by atoms with Gasteiger partial charge in [-0.15, -0.1) is 0 Å². The van der Waals surface area contributed by atoms with Crippen LogP contribution in [-0.4, -0.2) is 10.8 Å². The summed E-state index contributed by atoms with van der Waals surface area (Å²) in [7, 11) is 0. The molecule has 0 saturated carbocycles. The molecular formula is C14H12BrNO. The van der Waals surface area contributed by atoms with E-state index in [9.17, 15) is 4.79 Å². The van der Waals surface area contributed by atoms with Crippen molar-refractivity contribution in [1.82, 2.24) is 4.98 Å². The Labute approximate surface area is 109 Å². The summed E-state index contributed by atoms with van der Waals surface area (Å²) >= 11 is 3.42. The van der Waals surface area contributed by atoms with Crippen LogP contribution in [-0.2, 0) is 6.42 Å². The number of carbonyl (C=O) groups is 1. The van der Waals surface area contributed by atoms with Crippen LogP contribution in [0.2, 0.25) is 0 Å². The summed E-state index contributed by atoms with van der Waals surface area (Å²) in [6, 6.07) is 9.41. The predicted octanol–water partition coefficient (Wildman–Crippen LogP) is 3.58. The summed E-state index contributed by atoms with van der Waals surface area (Å²) in [6.07, 6.45) is 3.83. The van der Waals surface area contributed by atoms with Gasteiger partial charge in [-0.1, -0.05) is 28.1 Å². The van der Waals surface area contributed by atoms with E-state index in [0.29, 0.717) is 6.42 Å². The predicted molar refractivity (Wildman–Crippen MR) is 71.2 cm³/mol. The molecule has 0 radical (unpaired) electrons. The summed E-state index contributed by atoms with van der Waals surface area (Å²) in [6.45, 7) is 1.98. The van der Waals surface area contributed by atoms with Crippen molar-refractivity contribution in [3.63, 3.8) is 0 Å². The van der Waals surface area contributed by atoms with E-state index in [4.69, 9.17) is 0 Å². The molecule has 0 saturated heterocycles. The molecule has 1 aromatic carbocycles. The highest BCUT2D eigenvalue weighted by molar-refractivity contribution is 9.10.